The van der Waals surface area contributed by atoms with Crippen LogP contribution in [0.2, 0.25) is 5.02 Å². The molecule has 0 aromatic heterocycles. The Labute approximate surface area is 137 Å². The van der Waals surface area contributed by atoms with Crippen LogP contribution in [0.3, 0.4) is 0 Å². The van der Waals surface area contributed by atoms with Gasteiger partial charge < -0.3 is 11.1 Å². The van der Waals surface area contributed by atoms with Crippen LogP contribution in [0.5, 0.6) is 0 Å². The summed E-state index contributed by atoms with van der Waals surface area (Å²) in [4.78, 5) is 14.0. The van der Waals surface area contributed by atoms with Gasteiger partial charge >= 0.3 is 0 Å². The summed E-state index contributed by atoms with van der Waals surface area (Å²) in [5.41, 5.74) is 7.03. The predicted octanol–water partition coefficient (Wildman–Crippen LogP) is 1.84. The van der Waals surface area contributed by atoms with Crippen molar-refractivity contribution in [2.24, 2.45) is 5.73 Å². The number of likely N-dealkylation sites (tertiary alicyclic amines) is 1. The molecule has 0 bridgehead atoms. The third-order valence-electron chi connectivity index (χ3n) is 3.65. The van der Waals surface area contributed by atoms with Crippen LogP contribution in [0.4, 0.5) is 0 Å². The van der Waals surface area contributed by atoms with Crippen molar-refractivity contribution in [3.8, 4) is 0 Å². The second kappa shape index (κ2) is 9.26. The number of amides is 1. The van der Waals surface area contributed by atoms with Gasteiger partial charge in [-0.3, -0.25) is 9.69 Å². The standard InChI is InChI=1S/C15H22ClN3O.ClH/c16-13-3-1-12(2-4-13)5-8-18-15(20)11-19-9-6-14(17)7-10-19;/h1-4,14H,5-11,17H2,(H,18,20);1H. The van der Waals surface area contributed by atoms with Crippen molar-refractivity contribution in [2.75, 3.05) is 26.2 Å². The van der Waals surface area contributed by atoms with Crippen molar-refractivity contribution in [3.63, 3.8) is 0 Å². The van der Waals surface area contributed by atoms with Crippen LogP contribution in [0.25, 0.3) is 0 Å². The highest BCUT2D eigenvalue weighted by Gasteiger charge is 2.17. The first kappa shape index (κ1) is 18.2. The number of carbonyl (C=O) groups is 1. The monoisotopic (exact) mass is 331 g/mol. The molecule has 21 heavy (non-hydrogen) atoms. The van der Waals surface area contributed by atoms with E-state index < -0.39 is 0 Å². The van der Waals surface area contributed by atoms with Crippen molar-refractivity contribution >= 4 is 29.9 Å². The summed E-state index contributed by atoms with van der Waals surface area (Å²) in [5, 5.41) is 3.70. The smallest absolute Gasteiger partial charge is 0.234 e. The molecule has 1 aromatic carbocycles. The molecule has 6 heteroatoms. The molecular weight excluding hydrogens is 309 g/mol. The van der Waals surface area contributed by atoms with E-state index in [-0.39, 0.29) is 18.3 Å². The van der Waals surface area contributed by atoms with Crippen LogP contribution >= 0.6 is 24.0 Å². The first-order chi connectivity index (χ1) is 9.63. The molecule has 0 spiro atoms. The number of benzene rings is 1. The molecule has 0 aliphatic carbocycles. The minimum absolute atomic E-state index is 0. The van der Waals surface area contributed by atoms with E-state index in [1.165, 1.54) is 5.56 Å². The van der Waals surface area contributed by atoms with Gasteiger partial charge in [0.1, 0.15) is 0 Å². The van der Waals surface area contributed by atoms with Crippen molar-refractivity contribution in [1.82, 2.24) is 10.2 Å². The summed E-state index contributed by atoms with van der Waals surface area (Å²) in [6, 6.07) is 8.02. The molecule has 2 rings (SSSR count). The summed E-state index contributed by atoms with van der Waals surface area (Å²) in [5.74, 6) is 0.0921. The maximum absolute atomic E-state index is 11.8. The third-order valence-corrected chi connectivity index (χ3v) is 3.90. The molecule has 0 saturated carbocycles. The number of nitrogens with one attached hydrogen (secondary N) is 1. The molecule has 1 saturated heterocycles. The van der Waals surface area contributed by atoms with Gasteiger partial charge in [0.05, 0.1) is 6.54 Å². The second-order valence-electron chi connectivity index (χ2n) is 5.34. The van der Waals surface area contributed by atoms with E-state index in [9.17, 15) is 4.79 Å². The molecular formula is C15H23Cl2N3O. The van der Waals surface area contributed by atoms with Crippen molar-refractivity contribution < 1.29 is 4.79 Å². The number of nitrogens with two attached hydrogens (primary N) is 1. The van der Waals surface area contributed by atoms with Gasteiger partial charge in [0.25, 0.3) is 0 Å². The van der Waals surface area contributed by atoms with E-state index in [0.29, 0.717) is 19.1 Å². The molecule has 3 N–H and O–H groups in total. The zero-order valence-corrected chi connectivity index (χ0v) is 13.6. The highest BCUT2D eigenvalue weighted by Crippen LogP contribution is 2.09. The Morgan fingerprint density at radius 2 is 1.90 bits per heavy atom. The molecule has 1 aromatic rings. The van der Waals surface area contributed by atoms with Gasteiger partial charge in [-0.1, -0.05) is 23.7 Å². The fourth-order valence-electron chi connectivity index (χ4n) is 2.37. The van der Waals surface area contributed by atoms with Crippen LogP contribution in [0, 0.1) is 0 Å². The molecule has 0 unspecified atom stereocenters. The number of nitrogens with zero attached hydrogens (tertiary/aromatic N) is 1. The van der Waals surface area contributed by atoms with Gasteiger partial charge in [0, 0.05) is 30.7 Å². The van der Waals surface area contributed by atoms with Crippen molar-refractivity contribution in [2.45, 2.75) is 25.3 Å². The minimum Gasteiger partial charge on any atom is -0.355 e. The molecule has 0 atom stereocenters. The quantitative estimate of drug-likeness (QED) is 0.865. The number of hydrogen-bond donors (Lipinski definition) is 2. The highest BCUT2D eigenvalue weighted by molar-refractivity contribution is 6.30. The maximum atomic E-state index is 11.8. The Kier molecular flexibility index (Phi) is 8.04. The molecule has 1 amide bonds. The van der Waals surface area contributed by atoms with E-state index >= 15 is 0 Å². The van der Waals surface area contributed by atoms with Gasteiger partial charge in [-0.05, 0) is 37.0 Å². The zero-order chi connectivity index (χ0) is 14.4. The van der Waals surface area contributed by atoms with E-state index in [4.69, 9.17) is 17.3 Å². The van der Waals surface area contributed by atoms with E-state index in [1.54, 1.807) is 0 Å². The predicted molar refractivity (Wildman–Crippen MR) is 89.1 cm³/mol. The topological polar surface area (TPSA) is 58.4 Å². The fourth-order valence-corrected chi connectivity index (χ4v) is 2.49. The Balaban J connectivity index is 0.00000220. The fraction of sp³-hybridized carbons (Fsp3) is 0.533. The lowest BCUT2D eigenvalue weighted by Crippen LogP contribution is -2.44. The summed E-state index contributed by atoms with van der Waals surface area (Å²) in [6.07, 6.45) is 2.80. The van der Waals surface area contributed by atoms with Gasteiger partial charge in [0.2, 0.25) is 5.91 Å². The van der Waals surface area contributed by atoms with Gasteiger partial charge in [-0.15, -0.1) is 12.4 Å². The SMILES string of the molecule is Cl.NC1CCN(CC(=O)NCCc2ccc(Cl)cc2)CC1. The normalized spacial score (nSPS) is 16.3. The minimum atomic E-state index is 0. The first-order valence-corrected chi connectivity index (χ1v) is 7.50. The lowest BCUT2D eigenvalue weighted by atomic mass is 10.1. The number of halogens is 2. The van der Waals surface area contributed by atoms with Crippen LogP contribution in [-0.4, -0.2) is 43.0 Å². The molecule has 118 valence electrons. The van der Waals surface area contributed by atoms with E-state index in [0.717, 1.165) is 37.4 Å². The Morgan fingerprint density at radius 1 is 1.29 bits per heavy atom. The van der Waals surface area contributed by atoms with Gasteiger partial charge in [0.15, 0.2) is 0 Å². The van der Waals surface area contributed by atoms with Crippen molar-refractivity contribution in [3.05, 3.63) is 34.9 Å². The third kappa shape index (κ3) is 6.66. The van der Waals surface area contributed by atoms with Crippen molar-refractivity contribution in [1.29, 1.82) is 0 Å². The Bertz CT molecular complexity index is 431. The molecule has 1 fully saturated rings. The number of carbonyl (C=O) groups excluding carboxylic acids is 1. The molecule has 1 heterocycles. The zero-order valence-electron chi connectivity index (χ0n) is 12.1. The average molecular weight is 332 g/mol. The first-order valence-electron chi connectivity index (χ1n) is 7.12. The average Bonchev–Trinajstić information content (AvgIpc) is 2.44. The van der Waals surface area contributed by atoms with Crippen LogP contribution in [0.1, 0.15) is 18.4 Å². The van der Waals surface area contributed by atoms with Gasteiger partial charge in [-0.2, -0.15) is 0 Å². The molecule has 0 radical (unpaired) electrons. The largest absolute Gasteiger partial charge is 0.355 e. The summed E-state index contributed by atoms with van der Waals surface area (Å²) < 4.78 is 0. The summed E-state index contributed by atoms with van der Waals surface area (Å²) in [6.45, 7) is 2.98. The number of piperidine rings is 1. The lowest BCUT2D eigenvalue weighted by molar-refractivity contribution is -0.122. The maximum Gasteiger partial charge on any atom is 0.234 e. The number of rotatable bonds is 5. The summed E-state index contributed by atoms with van der Waals surface area (Å²) >= 11 is 5.83. The van der Waals surface area contributed by atoms with Crippen LogP contribution in [0.15, 0.2) is 24.3 Å². The van der Waals surface area contributed by atoms with Crippen LogP contribution in [-0.2, 0) is 11.2 Å². The summed E-state index contributed by atoms with van der Waals surface area (Å²) in [7, 11) is 0. The highest BCUT2D eigenvalue weighted by atomic mass is 35.5. The molecule has 4 nitrogen and oxygen atoms in total. The second-order valence-corrected chi connectivity index (χ2v) is 5.78. The number of hydrogen-bond acceptors (Lipinski definition) is 3. The molecule has 1 aliphatic heterocycles. The van der Waals surface area contributed by atoms with E-state index in [1.807, 2.05) is 24.3 Å². The molecule has 1 aliphatic rings. The van der Waals surface area contributed by atoms with Gasteiger partial charge in [-0.25, -0.2) is 0 Å². The Hall–Kier alpha value is -0.810. The Morgan fingerprint density at radius 3 is 2.52 bits per heavy atom. The lowest BCUT2D eigenvalue weighted by Gasteiger charge is -2.29. The van der Waals surface area contributed by atoms with E-state index in [2.05, 4.69) is 10.2 Å². The van der Waals surface area contributed by atoms with Crippen LogP contribution < -0.4 is 11.1 Å².